The largest absolute Gasteiger partial charge is 0.493 e. The number of nitrogens with zero attached hydrogens (tertiary/aromatic N) is 1. The molecule has 1 N–H and O–H groups in total. The van der Waals surface area contributed by atoms with E-state index in [9.17, 15) is 18.0 Å². The van der Waals surface area contributed by atoms with E-state index in [1.165, 1.54) is 0 Å². The van der Waals surface area contributed by atoms with Crippen molar-refractivity contribution in [1.82, 2.24) is 10.2 Å². The fourth-order valence-corrected chi connectivity index (χ4v) is 6.99. The van der Waals surface area contributed by atoms with Gasteiger partial charge < -0.3 is 15.0 Å². The van der Waals surface area contributed by atoms with Gasteiger partial charge in [0.15, 0.2) is 9.84 Å². The first-order valence-electron chi connectivity index (χ1n) is 9.99. The van der Waals surface area contributed by atoms with E-state index in [4.69, 9.17) is 4.74 Å². The predicted molar refractivity (Wildman–Crippen MR) is 102 cm³/mol. The van der Waals surface area contributed by atoms with Crippen LogP contribution in [0.3, 0.4) is 0 Å². The van der Waals surface area contributed by atoms with Crippen molar-refractivity contribution in [3.63, 3.8) is 0 Å². The van der Waals surface area contributed by atoms with Gasteiger partial charge in [0, 0.05) is 36.5 Å². The van der Waals surface area contributed by atoms with Crippen LogP contribution in [0.15, 0.2) is 18.2 Å². The third-order valence-electron chi connectivity index (χ3n) is 6.42. The maximum Gasteiger partial charge on any atom is 0.253 e. The molecular formula is C20H24N2O5S. The number of benzene rings is 1. The van der Waals surface area contributed by atoms with Crippen molar-refractivity contribution in [1.29, 1.82) is 0 Å². The van der Waals surface area contributed by atoms with Gasteiger partial charge in [-0.1, -0.05) is 0 Å². The summed E-state index contributed by atoms with van der Waals surface area (Å²) in [6.45, 7) is 1.27. The monoisotopic (exact) mass is 404 g/mol. The summed E-state index contributed by atoms with van der Waals surface area (Å²) in [7, 11) is -3.32. The number of rotatable bonds is 3. The third kappa shape index (κ3) is 3.07. The SMILES string of the molecule is O=C(N[C@@H]1CS(=O)(=O)[C@H]2CN(C(=O)c3ccc4c(c3)CCCO4)C[C@@H]12)C1CC1. The Hall–Kier alpha value is -2.09. The number of aryl methyl sites for hydroxylation is 1. The molecular weight excluding hydrogens is 380 g/mol. The van der Waals surface area contributed by atoms with E-state index in [2.05, 4.69) is 5.32 Å². The van der Waals surface area contributed by atoms with E-state index in [-0.39, 0.29) is 35.9 Å². The number of hydrogen-bond donors (Lipinski definition) is 1. The molecule has 0 aromatic heterocycles. The van der Waals surface area contributed by atoms with Crippen LogP contribution in [0.2, 0.25) is 0 Å². The molecule has 3 fully saturated rings. The standard InChI is InChI=1S/C20H24N2O5S/c23-19(12-3-4-12)21-16-11-28(25,26)18-10-22(9-15(16)18)20(24)14-5-6-17-13(8-14)2-1-7-27-17/h5-6,8,12,15-16,18H,1-4,7,9-11H2,(H,21,23)/t15-,16+,18-/m0/s1. The highest BCUT2D eigenvalue weighted by molar-refractivity contribution is 7.92. The van der Waals surface area contributed by atoms with Gasteiger partial charge in [0.05, 0.1) is 17.6 Å². The molecule has 1 aliphatic carbocycles. The Labute approximate surface area is 164 Å². The predicted octanol–water partition coefficient (Wildman–Crippen LogP) is 0.775. The summed E-state index contributed by atoms with van der Waals surface area (Å²) in [5.74, 6) is 0.437. The molecule has 0 radical (unpaired) electrons. The molecule has 3 heterocycles. The first-order valence-corrected chi connectivity index (χ1v) is 11.7. The zero-order chi connectivity index (χ0) is 19.5. The Kier molecular flexibility index (Phi) is 4.15. The molecule has 8 heteroatoms. The molecule has 3 atom stereocenters. The van der Waals surface area contributed by atoms with Crippen LogP contribution in [0, 0.1) is 11.8 Å². The number of sulfone groups is 1. The summed E-state index contributed by atoms with van der Waals surface area (Å²) in [4.78, 5) is 26.8. The summed E-state index contributed by atoms with van der Waals surface area (Å²) in [6.07, 6.45) is 3.57. The van der Waals surface area contributed by atoms with Crippen molar-refractivity contribution in [2.75, 3.05) is 25.4 Å². The van der Waals surface area contributed by atoms with Gasteiger partial charge in [-0.15, -0.1) is 0 Å². The molecule has 0 spiro atoms. The molecule has 1 aromatic rings. The second-order valence-electron chi connectivity index (χ2n) is 8.41. The number of carbonyl (C=O) groups is 2. The summed E-state index contributed by atoms with van der Waals surface area (Å²) in [5, 5.41) is 2.35. The Morgan fingerprint density at radius 3 is 2.79 bits per heavy atom. The normalized spacial score (nSPS) is 30.3. The van der Waals surface area contributed by atoms with Crippen LogP contribution < -0.4 is 10.1 Å². The van der Waals surface area contributed by atoms with Crippen LogP contribution in [-0.2, 0) is 21.1 Å². The molecule has 150 valence electrons. The molecule has 1 saturated carbocycles. The number of hydrogen-bond acceptors (Lipinski definition) is 5. The topological polar surface area (TPSA) is 92.8 Å². The number of fused-ring (bicyclic) bond motifs is 2. The Morgan fingerprint density at radius 2 is 2.00 bits per heavy atom. The zero-order valence-corrected chi connectivity index (χ0v) is 16.4. The lowest BCUT2D eigenvalue weighted by Crippen LogP contribution is -2.43. The van der Waals surface area contributed by atoms with Crippen LogP contribution in [0.25, 0.3) is 0 Å². The lowest BCUT2D eigenvalue weighted by molar-refractivity contribution is -0.123. The van der Waals surface area contributed by atoms with Crippen LogP contribution in [0.1, 0.15) is 35.2 Å². The average molecular weight is 404 g/mol. The van der Waals surface area contributed by atoms with Crippen molar-refractivity contribution in [2.24, 2.45) is 11.8 Å². The Balaban J connectivity index is 1.34. The van der Waals surface area contributed by atoms with E-state index in [0.29, 0.717) is 18.7 Å². The molecule has 3 aliphatic heterocycles. The van der Waals surface area contributed by atoms with Gasteiger partial charge in [-0.3, -0.25) is 9.59 Å². The second-order valence-corrected chi connectivity index (χ2v) is 10.7. The van der Waals surface area contributed by atoms with Gasteiger partial charge in [0.25, 0.3) is 5.91 Å². The number of amides is 2. The maximum atomic E-state index is 13.0. The summed E-state index contributed by atoms with van der Waals surface area (Å²) in [5.41, 5.74) is 1.60. The van der Waals surface area contributed by atoms with E-state index in [0.717, 1.165) is 37.0 Å². The number of carbonyl (C=O) groups excluding carboxylic acids is 2. The number of nitrogens with one attached hydrogen (secondary N) is 1. The van der Waals surface area contributed by atoms with E-state index in [1.54, 1.807) is 11.0 Å². The molecule has 2 amide bonds. The average Bonchev–Trinajstić information content (AvgIpc) is 3.39. The van der Waals surface area contributed by atoms with Crippen molar-refractivity contribution >= 4 is 21.7 Å². The molecule has 2 saturated heterocycles. The smallest absolute Gasteiger partial charge is 0.253 e. The summed E-state index contributed by atoms with van der Waals surface area (Å²) >= 11 is 0. The lowest BCUT2D eigenvalue weighted by Gasteiger charge is -2.22. The van der Waals surface area contributed by atoms with E-state index < -0.39 is 21.1 Å². The minimum absolute atomic E-state index is 0.0149. The maximum absolute atomic E-state index is 13.0. The Bertz CT molecular complexity index is 940. The first kappa shape index (κ1) is 18.0. The minimum Gasteiger partial charge on any atom is -0.493 e. The summed E-state index contributed by atoms with van der Waals surface area (Å²) < 4.78 is 30.8. The zero-order valence-electron chi connectivity index (χ0n) is 15.6. The van der Waals surface area contributed by atoms with Crippen LogP contribution >= 0.6 is 0 Å². The number of ether oxygens (including phenoxy) is 1. The van der Waals surface area contributed by atoms with Crippen molar-refractivity contribution in [2.45, 2.75) is 37.0 Å². The van der Waals surface area contributed by atoms with Crippen LogP contribution in [-0.4, -0.2) is 61.9 Å². The molecule has 4 aliphatic rings. The van der Waals surface area contributed by atoms with Gasteiger partial charge in [-0.25, -0.2) is 8.42 Å². The van der Waals surface area contributed by atoms with E-state index in [1.807, 2.05) is 12.1 Å². The lowest BCUT2D eigenvalue weighted by atomic mass is 10.00. The second kappa shape index (κ2) is 6.47. The number of likely N-dealkylation sites (tertiary alicyclic amines) is 1. The van der Waals surface area contributed by atoms with Crippen molar-refractivity contribution < 1.29 is 22.7 Å². The molecule has 1 aromatic carbocycles. The van der Waals surface area contributed by atoms with E-state index >= 15 is 0 Å². The highest BCUT2D eigenvalue weighted by Gasteiger charge is 2.53. The highest BCUT2D eigenvalue weighted by Crippen LogP contribution is 2.36. The Morgan fingerprint density at radius 1 is 1.18 bits per heavy atom. The summed E-state index contributed by atoms with van der Waals surface area (Å²) in [6, 6.07) is 5.05. The quantitative estimate of drug-likeness (QED) is 0.804. The highest BCUT2D eigenvalue weighted by atomic mass is 32.2. The van der Waals surface area contributed by atoms with Crippen LogP contribution in [0.4, 0.5) is 0 Å². The molecule has 0 unspecified atom stereocenters. The van der Waals surface area contributed by atoms with Gasteiger partial charge in [-0.05, 0) is 49.4 Å². The molecule has 0 bridgehead atoms. The van der Waals surface area contributed by atoms with Crippen molar-refractivity contribution in [3.05, 3.63) is 29.3 Å². The fraction of sp³-hybridized carbons (Fsp3) is 0.600. The van der Waals surface area contributed by atoms with Crippen LogP contribution in [0.5, 0.6) is 5.75 Å². The van der Waals surface area contributed by atoms with Gasteiger partial charge >= 0.3 is 0 Å². The minimum atomic E-state index is -3.32. The molecule has 28 heavy (non-hydrogen) atoms. The first-order chi connectivity index (χ1) is 13.4. The third-order valence-corrected chi connectivity index (χ3v) is 8.66. The van der Waals surface area contributed by atoms with Gasteiger partial charge in [0.2, 0.25) is 5.91 Å². The van der Waals surface area contributed by atoms with Gasteiger partial charge in [0.1, 0.15) is 5.75 Å². The van der Waals surface area contributed by atoms with Gasteiger partial charge in [-0.2, -0.15) is 0 Å². The fourth-order valence-electron chi connectivity index (χ4n) is 4.70. The molecule has 5 rings (SSSR count). The van der Waals surface area contributed by atoms with Crippen molar-refractivity contribution in [3.8, 4) is 5.75 Å². The molecule has 7 nitrogen and oxygen atoms in total.